The zero-order valence-corrected chi connectivity index (χ0v) is 11.9. The molecule has 20 heavy (non-hydrogen) atoms. The normalized spacial score (nSPS) is 10.3. The Hall–Kier alpha value is -2.07. The highest BCUT2D eigenvalue weighted by atomic mass is 16.5. The zero-order valence-electron chi connectivity index (χ0n) is 11.9. The van der Waals surface area contributed by atoms with Crippen LogP contribution in [0.4, 0.5) is 5.69 Å². The highest BCUT2D eigenvalue weighted by Crippen LogP contribution is 2.22. The standard InChI is InChI=1S/C16H20N2O2/c1-3-20-16-15(9-6-10-17-16)18-11-13-7-4-5-8-14(13)12-19-2/h4-10,18H,3,11-12H2,1-2H3. The van der Waals surface area contributed by atoms with Crippen LogP contribution < -0.4 is 10.1 Å². The molecule has 0 atom stereocenters. The smallest absolute Gasteiger partial charge is 0.237 e. The number of nitrogens with zero attached hydrogens (tertiary/aromatic N) is 1. The monoisotopic (exact) mass is 272 g/mol. The predicted molar refractivity (Wildman–Crippen MR) is 79.9 cm³/mol. The van der Waals surface area contributed by atoms with Crippen molar-refractivity contribution >= 4 is 5.69 Å². The lowest BCUT2D eigenvalue weighted by atomic mass is 10.1. The van der Waals surface area contributed by atoms with Crippen molar-refractivity contribution in [3.05, 3.63) is 53.7 Å². The summed E-state index contributed by atoms with van der Waals surface area (Å²) in [5, 5.41) is 3.37. The Balaban J connectivity index is 2.09. The summed E-state index contributed by atoms with van der Waals surface area (Å²) in [7, 11) is 1.71. The molecule has 0 aliphatic carbocycles. The molecule has 0 saturated heterocycles. The molecule has 0 fully saturated rings. The molecule has 0 amide bonds. The Kier molecular flexibility index (Phi) is 5.38. The Morgan fingerprint density at radius 2 is 1.90 bits per heavy atom. The first-order valence-electron chi connectivity index (χ1n) is 6.72. The fraction of sp³-hybridized carbons (Fsp3) is 0.312. The molecule has 0 aliphatic heterocycles. The summed E-state index contributed by atoms with van der Waals surface area (Å²) < 4.78 is 10.7. The van der Waals surface area contributed by atoms with Crippen LogP contribution in [0.2, 0.25) is 0 Å². The van der Waals surface area contributed by atoms with Crippen molar-refractivity contribution in [2.24, 2.45) is 0 Å². The lowest BCUT2D eigenvalue weighted by Crippen LogP contribution is -2.06. The molecule has 0 spiro atoms. The van der Waals surface area contributed by atoms with Gasteiger partial charge in [0.05, 0.1) is 18.9 Å². The molecular formula is C16H20N2O2. The summed E-state index contributed by atoms with van der Waals surface area (Å²) >= 11 is 0. The Bertz CT molecular complexity index is 494. The van der Waals surface area contributed by atoms with Crippen LogP contribution in [0.3, 0.4) is 0 Å². The van der Waals surface area contributed by atoms with Crippen LogP contribution in [0.25, 0.3) is 0 Å². The number of anilines is 1. The summed E-state index contributed by atoms with van der Waals surface area (Å²) in [5.74, 6) is 0.638. The van der Waals surface area contributed by atoms with Crippen LogP contribution >= 0.6 is 0 Å². The summed E-state index contributed by atoms with van der Waals surface area (Å²) in [5.41, 5.74) is 3.30. The highest BCUT2D eigenvalue weighted by Gasteiger charge is 2.05. The second-order valence-corrected chi connectivity index (χ2v) is 4.34. The molecule has 0 bridgehead atoms. The van der Waals surface area contributed by atoms with E-state index >= 15 is 0 Å². The minimum atomic E-state index is 0.603. The first kappa shape index (κ1) is 14.3. The van der Waals surface area contributed by atoms with E-state index in [1.165, 1.54) is 11.1 Å². The van der Waals surface area contributed by atoms with E-state index in [0.29, 0.717) is 25.6 Å². The molecule has 0 aliphatic rings. The van der Waals surface area contributed by atoms with E-state index in [9.17, 15) is 0 Å². The van der Waals surface area contributed by atoms with Gasteiger partial charge in [0, 0.05) is 19.9 Å². The third kappa shape index (κ3) is 3.71. The first-order chi connectivity index (χ1) is 9.85. The predicted octanol–water partition coefficient (Wildman–Crippen LogP) is 3.24. The molecule has 1 heterocycles. The minimum absolute atomic E-state index is 0.603. The molecule has 0 saturated carbocycles. The van der Waals surface area contributed by atoms with Crippen molar-refractivity contribution in [3.8, 4) is 5.88 Å². The van der Waals surface area contributed by atoms with E-state index in [4.69, 9.17) is 9.47 Å². The minimum Gasteiger partial charge on any atom is -0.476 e. The maximum absolute atomic E-state index is 5.50. The zero-order chi connectivity index (χ0) is 14.2. The maximum atomic E-state index is 5.50. The lowest BCUT2D eigenvalue weighted by Gasteiger charge is -2.13. The second-order valence-electron chi connectivity index (χ2n) is 4.34. The number of benzene rings is 1. The molecule has 2 rings (SSSR count). The van der Waals surface area contributed by atoms with E-state index in [-0.39, 0.29) is 0 Å². The molecular weight excluding hydrogens is 252 g/mol. The summed E-state index contributed by atoms with van der Waals surface area (Å²) in [6.07, 6.45) is 1.73. The number of aromatic nitrogens is 1. The van der Waals surface area contributed by atoms with Gasteiger partial charge in [-0.05, 0) is 30.2 Å². The number of pyridine rings is 1. The van der Waals surface area contributed by atoms with Gasteiger partial charge in [0.1, 0.15) is 0 Å². The molecule has 0 radical (unpaired) electrons. The number of rotatable bonds is 7. The highest BCUT2D eigenvalue weighted by molar-refractivity contribution is 5.52. The van der Waals surface area contributed by atoms with Gasteiger partial charge in [-0.15, -0.1) is 0 Å². The average molecular weight is 272 g/mol. The van der Waals surface area contributed by atoms with E-state index in [1.54, 1.807) is 13.3 Å². The maximum Gasteiger partial charge on any atom is 0.237 e. The van der Waals surface area contributed by atoms with Crippen molar-refractivity contribution in [3.63, 3.8) is 0 Å². The quantitative estimate of drug-likeness (QED) is 0.840. The third-order valence-electron chi connectivity index (χ3n) is 2.94. The molecule has 2 aromatic rings. The molecule has 4 heteroatoms. The van der Waals surface area contributed by atoms with Crippen LogP contribution in [0.15, 0.2) is 42.6 Å². The van der Waals surface area contributed by atoms with E-state index < -0.39 is 0 Å². The number of hydrogen-bond donors (Lipinski definition) is 1. The van der Waals surface area contributed by atoms with Gasteiger partial charge in [0.15, 0.2) is 0 Å². The van der Waals surface area contributed by atoms with E-state index in [1.807, 2.05) is 31.2 Å². The number of nitrogens with one attached hydrogen (secondary N) is 1. The largest absolute Gasteiger partial charge is 0.476 e. The molecule has 106 valence electrons. The summed E-state index contributed by atoms with van der Waals surface area (Å²) in [6, 6.07) is 12.1. The van der Waals surface area contributed by atoms with Crippen molar-refractivity contribution < 1.29 is 9.47 Å². The van der Waals surface area contributed by atoms with Crippen molar-refractivity contribution in [2.45, 2.75) is 20.1 Å². The second kappa shape index (κ2) is 7.50. The molecule has 1 aromatic heterocycles. The Morgan fingerprint density at radius 3 is 2.65 bits per heavy atom. The van der Waals surface area contributed by atoms with Gasteiger partial charge < -0.3 is 14.8 Å². The lowest BCUT2D eigenvalue weighted by molar-refractivity contribution is 0.184. The number of hydrogen-bond acceptors (Lipinski definition) is 4. The van der Waals surface area contributed by atoms with Crippen molar-refractivity contribution in [2.75, 3.05) is 19.0 Å². The number of ether oxygens (including phenoxy) is 2. The molecule has 1 aromatic carbocycles. The Labute approximate surface area is 119 Å². The molecule has 1 N–H and O–H groups in total. The van der Waals surface area contributed by atoms with E-state index in [2.05, 4.69) is 22.4 Å². The van der Waals surface area contributed by atoms with Gasteiger partial charge in [0.25, 0.3) is 0 Å². The molecule has 0 unspecified atom stereocenters. The van der Waals surface area contributed by atoms with Gasteiger partial charge in [-0.25, -0.2) is 4.98 Å². The van der Waals surface area contributed by atoms with Crippen LogP contribution in [0.5, 0.6) is 5.88 Å². The first-order valence-corrected chi connectivity index (χ1v) is 6.72. The summed E-state index contributed by atoms with van der Waals surface area (Å²) in [4.78, 5) is 4.23. The van der Waals surface area contributed by atoms with Gasteiger partial charge >= 0.3 is 0 Å². The van der Waals surface area contributed by atoms with Gasteiger partial charge in [-0.3, -0.25) is 0 Å². The number of methoxy groups -OCH3 is 1. The van der Waals surface area contributed by atoms with Crippen LogP contribution in [-0.2, 0) is 17.9 Å². The Morgan fingerprint density at radius 1 is 1.10 bits per heavy atom. The van der Waals surface area contributed by atoms with Gasteiger partial charge in [0.2, 0.25) is 5.88 Å². The van der Waals surface area contributed by atoms with Crippen LogP contribution in [0, 0.1) is 0 Å². The summed E-state index contributed by atoms with van der Waals surface area (Å²) in [6.45, 7) is 3.88. The van der Waals surface area contributed by atoms with Crippen LogP contribution in [-0.4, -0.2) is 18.7 Å². The fourth-order valence-corrected chi connectivity index (χ4v) is 1.99. The van der Waals surface area contributed by atoms with E-state index in [0.717, 1.165) is 5.69 Å². The van der Waals surface area contributed by atoms with Crippen LogP contribution in [0.1, 0.15) is 18.1 Å². The van der Waals surface area contributed by atoms with Gasteiger partial charge in [-0.1, -0.05) is 24.3 Å². The van der Waals surface area contributed by atoms with Gasteiger partial charge in [-0.2, -0.15) is 0 Å². The average Bonchev–Trinajstić information content (AvgIpc) is 2.48. The molecule has 4 nitrogen and oxygen atoms in total. The topological polar surface area (TPSA) is 43.4 Å². The SMILES string of the molecule is CCOc1ncccc1NCc1ccccc1COC. The fourth-order valence-electron chi connectivity index (χ4n) is 1.99. The third-order valence-corrected chi connectivity index (χ3v) is 2.94. The van der Waals surface area contributed by atoms with Crippen molar-refractivity contribution in [1.82, 2.24) is 4.98 Å². The van der Waals surface area contributed by atoms with Crippen molar-refractivity contribution in [1.29, 1.82) is 0 Å².